The van der Waals surface area contributed by atoms with Gasteiger partial charge in [0.15, 0.2) is 11.5 Å². The fourth-order valence-electron chi connectivity index (χ4n) is 5.97. The number of alkyl halides is 3. The van der Waals surface area contributed by atoms with Crippen LogP contribution in [0.5, 0.6) is 0 Å². The van der Waals surface area contributed by atoms with Crippen molar-refractivity contribution in [3.05, 3.63) is 40.7 Å². The van der Waals surface area contributed by atoms with Gasteiger partial charge in [-0.25, -0.2) is 9.48 Å². The second-order valence-electron chi connectivity index (χ2n) is 11.9. The van der Waals surface area contributed by atoms with Gasteiger partial charge < -0.3 is 26.0 Å². The van der Waals surface area contributed by atoms with Gasteiger partial charge >= 0.3 is 12.3 Å². The number of ether oxygens (including phenoxy) is 1. The zero-order valence-corrected chi connectivity index (χ0v) is 23.1. The number of carbonyl (C=O) groups excluding carboxylic acids is 3. The van der Waals surface area contributed by atoms with E-state index in [2.05, 4.69) is 15.7 Å². The molecule has 10 nitrogen and oxygen atoms in total. The quantitative estimate of drug-likeness (QED) is 0.492. The maximum atomic E-state index is 13.9. The number of Topliss-reactive ketones (excluding diaryl/α,β-unsaturated/α-hetero) is 1. The number of benzene rings is 1. The van der Waals surface area contributed by atoms with Crippen LogP contribution in [0.1, 0.15) is 78.1 Å². The van der Waals surface area contributed by atoms with Crippen molar-refractivity contribution in [1.29, 1.82) is 0 Å². The van der Waals surface area contributed by atoms with Gasteiger partial charge in [0.2, 0.25) is 0 Å². The Morgan fingerprint density at radius 2 is 1.80 bits per heavy atom. The number of amides is 2. The van der Waals surface area contributed by atoms with E-state index in [-0.39, 0.29) is 53.6 Å². The van der Waals surface area contributed by atoms with Gasteiger partial charge in [-0.3, -0.25) is 9.59 Å². The van der Waals surface area contributed by atoms with Crippen molar-refractivity contribution in [3.63, 3.8) is 0 Å². The van der Waals surface area contributed by atoms with Gasteiger partial charge in [0, 0.05) is 44.3 Å². The first-order valence-electron chi connectivity index (χ1n) is 13.9. The molecule has 4 N–H and O–H groups in total. The smallest absolute Gasteiger partial charge is 0.435 e. The van der Waals surface area contributed by atoms with E-state index in [1.165, 1.54) is 16.8 Å². The summed E-state index contributed by atoms with van der Waals surface area (Å²) in [5.74, 6) is -1.27. The maximum absolute atomic E-state index is 13.9. The number of primary amides is 1. The Morgan fingerprint density at radius 1 is 1.12 bits per heavy atom. The van der Waals surface area contributed by atoms with E-state index < -0.39 is 29.0 Å². The minimum absolute atomic E-state index is 0.00455. The number of aromatic nitrogens is 2. The zero-order valence-electron chi connectivity index (χ0n) is 23.1. The minimum atomic E-state index is -4.80. The SMILES string of the molecule is CC1(C)CC(=O)c2c(C(F)(F)F)nn(-c3ccc(C(N)=O)c(NC4CCC(OC(=O)N5CCNCC5)CC4)c3)c2C1. The topological polar surface area (TPSA) is 132 Å². The van der Waals surface area contributed by atoms with E-state index in [0.29, 0.717) is 44.5 Å². The number of hydrogen-bond acceptors (Lipinski definition) is 7. The van der Waals surface area contributed by atoms with Crippen LogP contribution in [0.15, 0.2) is 18.2 Å². The molecule has 1 saturated carbocycles. The number of nitrogens with zero attached hydrogens (tertiary/aromatic N) is 3. The second-order valence-corrected chi connectivity index (χ2v) is 11.9. The van der Waals surface area contributed by atoms with Crippen LogP contribution in [0.4, 0.5) is 23.7 Å². The van der Waals surface area contributed by atoms with Crippen LogP contribution < -0.4 is 16.4 Å². The zero-order chi connectivity index (χ0) is 29.5. The molecule has 2 heterocycles. The predicted octanol–water partition coefficient (Wildman–Crippen LogP) is 3.91. The largest absolute Gasteiger partial charge is 0.446 e. The molecular weight excluding hydrogens is 541 g/mol. The van der Waals surface area contributed by atoms with Crippen LogP contribution in [0.2, 0.25) is 0 Å². The number of nitrogens with two attached hydrogens (primary N) is 1. The molecule has 222 valence electrons. The number of fused-ring (bicyclic) bond motifs is 1. The van der Waals surface area contributed by atoms with Gasteiger partial charge in [0.1, 0.15) is 6.10 Å². The Morgan fingerprint density at radius 3 is 2.44 bits per heavy atom. The molecule has 0 radical (unpaired) electrons. The van der Waals surface area contributed by atoms with Crippen molar-refractivity contribution in [1.82, 2.24) is 20.0 Å². The van der Waals surface area contributed by atoms with Gasteiger partial charge in [-0.2, -0.15) is 18.3 Å². The predicted molar refractivity (Wildman–Crippen MR) is 144 cm³/mol. The summed E-state index contributed by atoms with van der Waals surface area (Å²) in [5, 5.41) is 10.4. The Labute approximate surface area is 235 Å². The highest BCUT2D eigenvalue weighted by Gasteiger charge is 2.45. The Balaban J connectivity index is 1.36. The molecule has 1 aromatic carbocycles. The number of halogens is 3. The number of rotatable bonds is 5. The molecule has 0 spiro atoms. The molecule has 1 aromatic heterocycles. The number of piperazine rings is 1. The summed E-state index contributed by atoms with van der Waals surface area (Å²) < 4.78 is 48.6. The lowest BCUT2D eigenvalue weighted by Crippen LogP contribution is -2.47. The van der Waals surface area contributed by atoms with Crippen LogP contribution in [-0.4, -0.2) is 70.8 Å². The molecule has 0 atom stereocenters. The molecule has 3 aliphatic rings. The van der Waals surface area contributed by atoms with Crippen molar-refractivity contribution in [2.45, 2.75) is 70.7 Å². The van der Waals surface area contributed by atoms with Crippen molar-refractivity contribution in [2.75, 3.05) is 31.5 Å². The van der Waals surface area contributed by atoms with Crippen LogP contribution in [0.3, 0.4) is 0 Å². The van der Waals surface area contributed by atoms with Gasteiger partial charge in [-0.05, 0) is 55.7 Å². The molecule has 0 bridgehead atoms. The summed E-state index contributed by atoms with van der Waals surface area (Å²) >= 11 is 0. The van der Waals surface area contributed by atoms with Crippen molar-refractivity contribution in [2.24, 2.45) is 11.1 Å². The normalized spacial score (nSPS) is 22.7. The molecule has 41 heavy (non-hydrogen) atoms. The third-order valence-electron chi connectivity index (χ3n) is 8.00. The average molecular weight is 577 g/mol. The fourth-order valence-corrected chi connectivity index (χ4v) is 5.97. The van der Waals surface area contributed by atoms with E-state index in [9.17, 15) is 27.6 Å². The first-order valence-corrected chi connectivity index (χ1v) is 13.9. The van der Waals surface area contributed by atoms with E-state index in [1.54, 1.807) is 11.0 Å². The summed E-state index contributed by atoms with van der Waals surface area (Å²) in [6.45, 7) is 6.35. The van der Waals surface area contributed by atoms with Crippen molar-refractivity contribution >= 4 is 23.5 Å². The van der Waals surface area contributed by atoms with Gasteiger partial charge in [0.25, 0.3) is 5.91 Å². The Kier molecular flexibility index (Phi) is 7.75. The standard InChI is InChI=1S/C28H35F3N6O4/c1-27(2)14-21-23(22(38)15-27)24(28(29,30)31)35-37(21)17-5-8-19(25(32)39)20(13-17)34-16-3-6-18(7-4-16)41-26(40)36-11-9-33-10-12-36/h5,8,13,16,18,33-34H,3-4,6-7,9-12,14-15H2,1-2H3,(H2,32,39). The highest BCUT2D eigenvalue weighted by molar-refractivity contribution is 6.00. The van der Waals surface area contributed by atoms with Gasteiger partial charge in [-0.15, -0.1) is 0 Å². The minimum Gasteiger partial charge on any atom is -0.446 e. The van der Waals surface area contributed by atoms with Crippen LogP contribution in [-0.2, 0) is 17.3 Å². The van der Waals surface area contributed by atoms with Crippen molar-refractivity contribution < 1.29 is 32.3 Å². The van der Waals surface area contributed by atoms with Crippen LogP contribution in [0, 0.1) is 5.41 Å². The third kappa shape index (κ3) is 6.19. The molecule has 2 aromatic rings. The molecule has 13 heteroatoms. The van der Waals surface area contributed by atoms with Gasteiger partial charge in [0.05, 0.1) is 22.5 Å². The number of hydrogen-bond donors (Lipinski definition) is 3. The lowest BCUT2D eigenvalue weighted by atomic mass is 9.75. The number of carbonyl (C=O) groups is 3. The molecule has 2 amide bonds. The highest BCUT2D eigenvalue weighted by Crippen LogP contribution is 2.42. The lowest BCUT2D eigenvalue weighted by molar-refractivity contribution is -0.141. The maximum Gasteiger partial charge on any atom is 0.435 e. The Hall–Kier alpha value is -3.61. The third-order valence-corrected chi connectivity index (χ3v) is 8.00. The Bertz CT molecular complexity index is 1340. The van der Waals surface area contributed by atoms with E-state index in [1.807, 2.05) is 13.8 Å². The molecule has 1 aliphatic heterocycles. The molecule has 2 aliphatic carbocycles. The second kappa shape index (κ2) is 11.0. The molecule has 5 rings (SSSR count). The van der Waals surface area contributed by atoms with Crippen LogP contribution >= 0.6 is 0 Å². The monoisotopic (exact) mass is 576 g/mol. The molecular formula is C28H35F3N6O4. The first-order chi connectivity index (χ1) is 19.3. The highest BCUT2D eigenvalue weighted by atomic mass is 19.4. The van der Waals surface area contributed by atoms with E-state index in [4.69, 9.17) is 10.5 Å². The fraction of sp³-hybridized carbons (Fsp3) is 0.571. The summed E-state index contributed by atoms with van der Waals surface area (Å²) in [6, 6.07) is 4.42. The summed E-state index contributed by atoms with van der Waals surface area (Å²) in [7, 11) is 0. The lowest BCUT2D eigenvalue weighted by Gasteiger charge is -2.33. The first kappa shape index (κ1) is 28.9. The molecule has 2 fully saturated rings. The van der Waals surface area contributed by atoms with Crippen molar-refractivity contribution in [3.8, 4) is 5.69 Å². The summed E-state index contributed by atoms with van der Waals surface area (Å²) in [6.07, 6.45) is -2.54. The van der Waals surface area contributed by atoms with Crippen LogP contribution in [0.25, 0.3) is 5.69 Å². The average Bonchev–Trinajstić information content (AvgIpc) is 3.29. The van der Waals surface area contributed by atoms with E-state index in [0.717, 1.165) is 13.1 Å². The molecule has 1 saturated heterocycles. The summed E-state index contributed by atoms with van der Waals surface area (Å²) in [5.41, 5.74) is 4.54. The summed E-state index contributed by atoms with van der Waals surface area (Å²) in [4.78, 5) is 39.2. The van der Waals surface area contributed by atoms with Gasteiger partial charge in [-0.1, -0.05) is 13.8 Å². The number of nitrogens with one attached hydrogen (secondary N) is 2. The number of ketones is 1. The molecule has 0 unspecified atom stereocenters. The van der Waals surface area contributed by atoms with E-state index >= 15 is 0 Å². The number of anilines is 1.